The van der Waals surface area contributed by atoms with Gasteiger partial charge in [-0.1, -0.05) is 18.2 Å². The Hall–Kier alpha value is -2.48. The zero-order chi connectivity index (χ0) is 15.7. The van der Waals surface area contributed by atoms with E-state index in [0.29, 0.717) is 0 Å². The summed E-state index contributed by atoms with van der Waals surface area (Å²) in [6.45, 7) is 0. The Bertz CT molecular complexity index is 580. The molecule has 3 amide bonds. The zero-order valence-electron chi connectivity index (χ0n) is 11.1. The summed E-state index contributed by atoms with van der Waals surface area (Å²) in [4.78, 5) is 47.5. The van der Waals surface area contributed by atoms with Crippen molar-refractivity contribution in [3.63, 3.8) is 0 Å². The summed E-state index contributed by atoms with van der Waals surface area (Å²) in [5.41, 5.74) is 11.2. The quantitative estimate of drug-likeness (QED) is 0.527. The second-order valence-corrected chi connectivity index (χ2v) is 4.93. The number of likely N-dealkylation sites (tertiary alicyclic amines) is 1. The van der Waals surface area contributed by atoms with Gasteiger partial charge in [0.2, 0.25) is 11.8 Å². The van der Waals surface area contributed by atoms with E-state index in [0.717, 1.165) is 4.90 Å². The minimum absolute atomic E-state index is 0.205. The summed E-state index contributed by atoms with van der Waals surface area (Å²) in [7, 11) is 0. The lowest BCUT2D eigenvalue weighted by molar-refractivity contribution is -0.148. The highest BCUT2D eigenvalue weighted by Crippen LogP contribution is 2.32. The van der Waals surface area contributed by atoms with Crippen LogP contribution in [-0.2, 0) is 19.2 Å². The van der Waals surface area contributed by atoms with Crippen molar-refractivity contribution in [1.29, 1.82) is 0 Å². The van der Waals surface area contributed by atoms with E-state index in [2.05, 4.69) is 0 Å². The third-order valence-electron chi connectivity index (χ3n) is 3.57. The van der Waals surface area contributed by atoms with E-state index in [9.17, 15) is 19.2 Å². The summed E-state index contributed by atoms with van der Waals surface area (Å²) < 4.78 is 0. The molecule has 21 heavy (non-hydrogen) atoms. The minimum atomic E-state index is -1.28. The average Bonchev–Trinajstić information content (AvgIpc) is 2.64. The van der Waals surface area contributed by atoms with E-state index in [1.165, 1.54) is 6.08 Å². The predicted octanol–water partition coefficient (Wildman–Crippen LogP) is -1.49. The summed E-state index contributed by atoms with van der Waals surface area (Å²) in [6.07, 6.45) is 4.04. The van der Waals surface area contributed by atoms with E-state index in [1.54, 1.807) is 12.2 Å². The minimum Gasteiger partial charge on any atom is -0.481 e. The lowest BCUT2D eigenvalue weighted by Crippen LogP contribution is -2.49. The lowest BCUT2D eigenvalue weighted by atomic mass is 9.90. The third kappa shape index (κ3) is 2.57. The normalized spacial score (nSPS) is 25.6. The average molecular weight is 293 g/mol. The van der Waals surface area contributed by atoms with Gasteiger partial charge >= 0.3 is 5.97 Å². The van der Waals surface area contributed by atoms with E-state index < -0.39 is 41.7 Å². The molecule has 0 spiro atoms. The third-order valence-corrected chi connectivity index (χ3v) is 3.57. The molecule has 3 unspecified atom stereocenters. The number of imide groups is 1. The van der Waals surface area contributed by atoms with Crippen LogP contribution in [0.4, 0.5) is 0 Å². The number of amides is 3. The van der Waals surface area contributed by atoms with E-state index >= 15 is 0 Å². The van der Waals surface area contributed by atoms with Crippen LogP contribution in [0.2, 0.25) is 0 Å². The van der Waals surface area contributed by atoms with E-state index in [4.69, 9.17) is 16.6 Å². The molecule has 1 fully saturated rings. The molecule has 0 saturated carbocycles. The number of carboxylic acids is 1. The van der Waals surface area contributed by atoms with Crippen molar-refractivity contribution < 1.29 is 24.3 Å². The summed E-state index contributed by atoms with van der Waals surface area (Å²) in [6, 6.07) is -1.93. The van der Waals surface area contributed by atoms with Gasteiger partial charge in [0.1, 0.15) is 6.04 Å². The molecule has 8 heteroatoms. The molecule has 2 rings (SSSR count). The molecular formula is C13H15N3O5. The highest BCUT2D eigenvalue weighted by molar-refractivity contribution is 6.17. The van der Waals surface area contributed by atoms with Crippen molar-refractivity contribution in [3.8, 4) is 0 Å². The van der Waals surface area contributed by atoms with Gasteiger partial charge < -0.3 is 16.6 Å². The van der Waals surface area contributed by atoms with Crippen LogP contribution >= 0.6 is 0 Å². The van der Waals surface area contributed by atoms with Crippen molar-refractivity contribution >= 4 is 23.7 Å². The van der Waals surface area contributed by atoms with Crippen LogP contribution in [0, 0.1) is 5.92 Å². The fourth-order valence-electron chi connectivity index (χ4n) is 2.55. The summed E-state index contributed by atoms with van der Waals surface area (Å²) >= 11 is 0. The number of hydrogen-bond acceptors (Lipinski definition) is 5. The predicted molar refractivity (Wildman–Crippen MR) is 70.4 cm³/mol. The van der Waals surface area contributed by atoms with Crippen LogP contribution in [0.3, 0.4) is 0 Å². The summed E-state index contributed by atoms with van der Waals surface area (Å²) in [5, 5.41) is 8.69. The number of carbonyl (C=O) groups is 4. The molecular weight excluding hydrogens is 278 g/mol. The molecule has 5 N–H and O–H groups in total. The second-order valence-electron chi connectivity index (χ2n) is 4.93. The Morgan fingerprint density at radius 1 is 1.38 bits per heavy atom. The molecule has 112 valence electrons. The highest BCUT2D eigenvalue weighted by Gasteiger charge is 2.50. The number of allylic oxidation sites excluding steroid dienone is 2. The van der Waals surface area contributed by atoms with Crippen LogP contribution in [-0.4, -0.2) is 45.8 Å². The number of rotatable bonds is 5. The molecule has 0 bridgehead atoms. The van der Waals surface area contributed by atoms with Gasteiger partial charge in [-0.05, 0) is 6.42 Å². The second kappa shape index (κ2) is 5.49. The number of carbonyl (C=O) groups excluding carboxylic acids is 3. The highest BCUT2D eigenvalue weighted by atomic mass is 16.4. The maximum atomic E-state index is 12.3. The lowest BCUT2D eigenvalue weighted by Gasteiger charge is -2.23. The van der Waals surface area contributed by atoms with E-state index in [-0.39, 0.29) is 18.4 Å². The van der Waals surface area contributed by atoms with Gasteiger partial charge in [0, 0.05) is 18.0 Å². The number of primary amides is 1. The maximum absolute atomic E-state index is 12.3. The first-order valence-electron chi connectivity index (χ1n) is 6.37. The van der Waals surface area contributed by atoms with Crippen LogP contribution in [0.15, 0.2) is 23.8 Å². The Kier molecular flexibility index (Phi) is 3.90. The number of hydrogen-bond donors (Lipinski definition) is 3. The number of fused-ring (bicyclic) bond motifs is 1. The van der Waals surface area contributed by atoms with Gasteiger partial charge in [0.15, 0.2) is 0 Å². The Morgan fingerprint density at radius 2 is 2.05 bits per heavy atom. The topological polar surface area (TPSA) is 144 Å². The molecule has 1 heterocycles. The van der Waals surface area contributed by atoms with Crippen LogP contribution < -0.4 is 11.5 Å². The summed E-state index contributed by atoms with van der Waals surface area (Å²) in [5.74, 6) is -4.15. The smallest absolute Gasteiger partial charge is 0.303 e. The standard InChI is InChI=1S/C13H15N3O5/c14-7-3-1-2-6-10(7)13(21)16(12(6)20)8(11(15)19)4-5-9(17)18/h1-3,7-8,10H,4-5,14H2,(H2,15,19)(H,17,18). The van der Waals surface area contributed by atoms with Crippen molar-refractivity contribution in [2.45, 2.75) is 24.9 Å². The van der Waals surface area contributed by atoms with Gasteiger partial charge in [-0.2, -0.15) is 0 Å². The molecule has 1 aliphatic heterocycles. The van der Waals surface area contributed by atoms with Gasteiger partial charge in [-0.3, -0.25) is 24.1 Å². The van der Waals surface area contributed by atoms with E-state index in [1.807, 2.05) is 0 Å². The SMILES string of the molecule is NC(=O)C(CCC(=O)O)N1C(=O)C2=CC=CC(N)C2C1=O. The molecule has 8 nitrogen and oxygen atoms in total. The Morgan fingerprint density at radius 3 is 2.57 bits per heavy atom. The molecule has 0 aromatic carbocycles. The first kappa shape index (κ1) is 14.9. The first-order valence-corrected chi connectivity index (χ1v) is 6.37. The molecule has 0 aromatic heterocycles. The molecule has 3 atom stereocenters. The van der Waals surface area contributed by atoms with Crippen molar-refractivity contribution in [3.05, 3.63) is 23.8 Å². The van der Waals surface area contributed by atoms with Crippen LogP contribution in [0.5, 0.6) is 0 Å². The first-order chi connectivity index (χ1) is 9.84. The van der Waals surface area contributed by atoms with Crippen molar-refractivity contribution in [1.82, 2.24) is 4.90 Å². The maximum Gasteiger partial charge on any atom is 0.303 e. The molecule has 1 saturated heterocycles. The number of aliphatic carboxylic acids is 1. The largest absolute Gasteiger partial charge is 0.481 e. The van der Waals surface area contributed by atoms with Crippen LogP contribution in [0.1, 0.15) is 12.8 Å². The molecule has 1 aliphatic carbocycles. The Labute approximate surface area is 120 Å². The number of nitrogens with zero attached hydrogens (tertiary/aromatic N) is 1. The van der Waals surface area contributed by atoms with Gasteiger partial charge in [0.05, 0.1) is 5.92 Å². The Balaban J connectivity index is 2.30. The zero-order valence-corrected chi connectivity index (χ0v) is 11.1. The number of nitrogens with two attached hydrogens (primary N) is 2. The number of carboxylic acid groups (broad SMARTS) is 1. The fourth-order valence-corrected chi connectivity index (χ4v) is 2.55. The van der Waals surface area contributed by atoms with Crippen LogP contribution in [0.25, 0.3) is 0 Å². The van der Waals surface area contributed by atoms with Gasteiger partial charge in [-0.25, -0.2) is 0 Å². The van der Waals surface area contributed by atoms with Gasteiger partial charge in [-0.15, -0.1) is 0 Å². The molecule has 2 aliphatic rings. The monoisotopic (exact) mass is 293 g/mol. The molecule has 0 aromatic rings. The van der Waals surface area contributed by atoms with Gasteiger partial charge in [0.25, 0.3) is 5.91 Å². The molecule has 0 radical (unpaired) electrons. The van der Waals surface area contributed by atoms with Crippen molar-refractivity contribution in [2.75, 3.05) is 0 Å². The van der Waals surface area contributed by atoms with Crippen molar-refractivity contribution in [2.24, 2.45) is 17.4 Å². The fraction of sp³-hybridized carbons (Fsp3) is 0.385.